The SMILES string of the molecule is CCC(Oc1ccc2c(c1)CCC2)C(=O)NC(C)c1nc2ccccc2o1. The monoisotopic (exact) mass is 364 g/mol. The molecule has 2 atom stereocenters. The molecule has 0 saturated heterocycles. The van der Waals surface area contributed by atoms with E-state index in [1.54, 1.807) is 0 Å². The molecule has 5 nitrogen and oxygen atoms in total. The summed E-state index contributed by atoms with van der Waals surface area (Å²) in [5, 5.41) is 2.96. The number of hydrogen-bond donors (Lipinski definition) is 1. The summed E-state index contributed by atoms with van der Waals surface area (Å²) >= 11 is 0. The fraction of sp³-hybridized carbons (Fsp3) is 0.364. The summed E-state index contributed by atoms with van der Waals surface area (Å²) in [6, 6.07) is 13.4. The molecule has 27 heavy (non-hydrogen) atoms. The number of amides is 1. The first-order valence-electron chi connectivity index (χ1n) is 9.58. The van der Waals surface area contributed by atoms with E-state index in [4.69, 9.17) is 9.15 Å². The first-order valence-corrected chi connectivity index (χ1v) is 9.58. The van der Waals surface area contributed by atoms with Crippen molar-refractivity contribution in [1.29, 1.82) is 0 Å². The predicted molar refractivity (Wildman–Crippen MR) is 104 cm³/mol. The van der Waals surface area contributed by atoms with Crippen molar-refractivity contribution in [1.82, 2.24) is 10.3 Å². The Kier molecular flexibility index (Phi) is 4.84. The average molecular weight is 364 g/mol. The van der Waals surface area contributed by atoms with Gasteiger partial charge < -0.3 is 14.5 Å². The Morgan fingerprint density at radius 2 is 2.04 bits per heavy atom. The Hall–Kier alpha value is -2.82. The number of rotatable bonds is 6. The van der Waals surface area contributed by atoms with E-state index in [1.165, 1.54) is 17.5 Å². The number of fused-ring (bicyclic) bond motifs is 2. The average Bonchev–Trinajstić information content (AvgIpc) is 3.32. The maximum absolute atomic E-state index is 12.7. The van der Waals surface area contributed by atoms with Crippen LogP contribution >= 0.6 is 0 Å². The van der Waals surface area contributed by atoms with Crippen molar-refractivity contribution in [2.45, 2.75) is 51.7 Å². The molecule has 1 N–H and O–H groups in total. The summed E-state index contributed by atoms with van der Waals surface area (Å²) in [6.45, 7) is 3.81. The van der Waals surface area contributed by atoms with Crippen LogP contribution < -0.4 is 10.1 Å². The van der Waals surface area contributed by atoms with Gasteiger partial charge in [0, 0.05) is 0 Å². The van der Waals surface area contributed by atoms with Crippen molar-refractivity contribution in [2.24, 2.45) is 0 Å². The van der Waals surface area contributed by atoms with Gasteiger partial charge in [-0.3, -0.25) is 4.79 Å². The number of oxazole rings is 1. The molecule has 1 amide bonds. The van der Waals surface area contributed by atoms with Gasteiger partial charge >= 0.3 is 0 Å². The van der Waals surface area contributed by atoms with Gasteiger partial charge in [-0.25, -0.2) is 4.98 Å². The number of nitrogens with zero attached hydrogens (tertiary/aromatic N) is 1. The Balaban J connectivity index is 1.43. The van der Waals surface area contributed by atoms with Crippen LogP contribution in [0, 0.1) is 0 Å². The second-order valence-corrected chi connectivity index (χ2v) is 7.05. The zero-order valence-electron chi connectivity index (χ0n) is 15.7. The summed E-state index contributed by atoms with van der Waals surface area (Å²) in [4.78, 5) is 17.2. The van der Waals surface area contributed by atoms with E-state index in [2.05, 4.69) is 22.4 Å². The molecular weight excluding hydrogens is 340 g/mol. The lowest BCUT2D eigenvalue weighted by molar-refractivity contribution is -0.128. The highest BCUT2D eigenvalue weighted by molar-refractivity contribution is 5.81. The number of para-hydroxylation sites is 2. The molecule has 5 heteroatoms. The summed E-state index contributed by atoms with van der Waals surface area (Å²) < 4.78 is 11.7. The lowest BCUT2D eigenvalue weighted by Crippen LogP contribution is -2.39. The van der Waals surface area contributed by atoms with Crippen LogP contribution in [0.25, 0.3) is 11.1 Å². The minimum absolute atomic E-state index is 0.159. The fourth-order valence-electron chi connectivity index (χ4n) is 3.55. The van der Waals surface area contributed by atoms with E-state index < -0.39 is 6.10 Å². The van der Waals surface area contributed by atoms with Gasteiger partial charge in [-0.1, -0.05) is 25.1 Å². The Labute approximate surface area is 158 Å². The van der Waals surface area contributed by atoms with Crippen LogP contribution in [0.2, 0.25) is 0 Å². The highest BCUT2D eigenvalue weighted by Gasteiger charge is 2.23. The third-order valence-electron chi connectivity index (χ3n) is 5.05. The minimum atomic E-state index is -0.545. The Morgan fingerprint density at radius 3 is 2.85 bits per heavy atom. The van der Waals surface area contributed by atoms with Crippen molar-refractivity contribution in [3.05, 3.63) is 59.5 Å². The molecule has 1 aliphatic rings. The smallest absolute Gasteiger partial charge is 0.261 e. The van der Waals surface area contributed by atoms with Crippen LogP contribution in [0.3, 0.4) is 0 Å². The molecule has 0 spiro atoms. The van der Waals surface area contributed by atoms with Gasteiger partial charge in [0.15, 0.2) is 11.7 Å². The van der Waals surface area contributed by atoms with E-state index >= 15 is 0 Å². The highest BCUT2D eigenvalue weighted by Crippen LogP contribution is 2.27. The predicted octanol–water partition coefficient (Wildman–Crippen LogP) is 4.35. The summed E-state index contributed by atoms with van der Waals surface area (Å²) in [7, 11) is 0. The number of carbonyl (C=O) groups excluding carboxylic acids is 1. The van der Waals surface area contributed by atoms with Crippen molar-refractivity contribution < 1.29 is 13.9 Å². The van der Waals surface area contributed by atoms with Crippen molar-refractivity contribution in [2.75, 3.05) is 0 Å². The second-order valence-electron chi connectivity index (χ2n) is 7.05. The first-order chi connectivity index (χ1) is 13.1. The summed E-state index contributed by atoms with van der Waals surface area (Å²) in [5.74, 6) is 1.09. The first kappa shape index (κ1) is 17.6. The molecular formula is C22H24N2O3. The topological polar surface area (TPSA) is 64.4 Å². The summed E-state index contributed by atoms with van der Waals surface area (Å²) in [6.07, 6.45) is 3.46. The largest absolute Gasteiger partial charge is 0.481 e. The van der Waals surface area contributed by atoms with Gasteiger partial charge in [0.05, 0.1) is 0 Å². The van der Waals surface area contributed by atoms with Gasteiger partial charge in [-0.15, -0.1) is 0 Å². The van der Waals surface area contributed by atoms with E-state index in [-0.39, 0.29) is 11.9 Å². The lowest BCUT2D eigenvalue weighted by atomic mass is 10.1. The van der Waals surface area contributed by atoms with Crippen molar-refractivity contribution >= 4 is 17.0 Å². The van der Waals surface area contributed by atoms with Crippen LogP contribution in [0.15, 0.2) is 46.9 Å². The molecule has 0 bridgehead atoms. The third-order valence-corrected chi connectivity index (χ3v) is 5.05. The quantitative estimate of drug-likeness (QED) is 0.706. The molecule has 1 aliphatic carbocycles. The van der Waals surface area contributed by atoms with Crippen LogP contribution in [0.1, 0.15) is 49.7 Å². The molecule has 0 radical (unpaired) electrons. The number of ether oxygens (including phenoxy) is 1. The van der Waals surface area contributed by atoms with Crippen LogP contribution in [-0.4, -0.2) is 17.0 Å². The molecule has 0 aliphatic heterocycles. The summed E-state index contributed by atoms with van der Waals surface area (Å²) in [5.41, 5.74) is 4.23. The molecule has 2 unspecified atom stereocenters. The molecule has 1 aromatic heterocycles. The molecule has 3 aromatic rings. The zero-order chi connectivity index (χ0) is 18.8. The van der Waals surface area contributed by atoms with E-state index in [9.17, 15) is 4.79 Å². The third kappa shape index (κ3) is 3.68. The Morgan fingerprint density at radius 1 is 1.22 bits per heavy atom. The number of aryl methyl sites for hydroxylation is 2. The van der Waals surface area contributed by atoms with Gasteiger partial charge in [0.2, 0.25) is 5.89 Å². The molecule has 140 valence electrons. The number of hydrogen-bond acceptors (Lipinski definition) is 4. The zero-order valence-corrected chi connectivity index (χ0v) is 15.7. The van der Waals surface area contributed by atoms with Gasteiger partial charge in [-0.2, -0.15) is 0 Å². The standard InChI is InChI=1S/C22H24N2O3/c1-3-19(26-17-12-11-15-7-6-8-16(15)13-17)21(25)23-14(2)22-24-18-9-4-5-10-20(18)27-22/h4-5,9-14,19H,3,6-8H2,1-2H3,(H,23,25). The number of nitrogens with one attached hydrogen (secondary N) is 1. The van der Waals surface area contributed by atoms with Crippen molar-refractivity contribution in [3.63, 3.8) is 0 Å². The minimum Gasteiger partial charge on any atom is -0.481 e. The fourth-order valence-corrected chi connectivity index (χ4v) is 3.55. The molecule has 0 saturated carbocycles. The number of benzene rings is 2. The van der Waals surface area contributed by atoms with Gasteiger partial charge in [-0.05, 0) is 68.0 Å². The number of carbonyl (C=O) groups is 1. The molecule has 2 aromatic carbocycles. The van der Waals surface area contributed by atoms with Gasteiger partial charge in [0.1, 0.15) is 17.3 Å². The molecule has 4 rings (SSSR count). The van der Waals surface area contributed by atoms with Crippen LogP contribution in [0.5, 0.6) is 5.75 Å². The maximum atomic E-state index is 12.7. The second kappa shape index (κ2) is 7.43. The highest BCUT2D eigenvalue weighted by atomic mass is 16.5. The van der Waals surface area contributed by atoms with E-state index in [0.717, 1.165) is 29.7 Å². The molecule has 1 heterocycles. The van der Waals surface area contributed by atoms with E-state index in [1.807, 2.05) is 44.2 Å². The normalized spacial score (nSPS) is 15.3. The maximum Gasteiger partial charge on any atom is 0.261 e. The van der Waals surface area contributed by atoms with E-state index in [0.29, 0.717) is 12.3 Å². The lowest BCUT2D eigenvalue weighted by Gasteiger charge is -2.19. The van der Waals surface area contributed by atoms with Gasteiger partial charge in [0.25, 0.3) is 5.91 Å². The molecule has 0 fully saturated rings. The van der Waals surface area contributed by atoms with Crippen LogP contribution in [0.4, 0.5) is 0 Å². The van der Waals surface area contributed by atoms with Crippen LogP contribution in [-0.2, 0) is 17.6 Å². The van der Waals surface area contributed by atoms with Crippen molar-refractivity contribution in [3.8, 4) is 5.75 Å². The number of aromatic nitrogens is 1. The Bertz CT molecular complexity index is 930.